The Balaban J connectivity index is 0.00000676. The molecule has 0 amide bonds. The van der Waals surface area contributed by atoms with Crippen LogP contribution in [0.25, 0.3) is 0 Å². The van der Waals surface area contributed by atoms with Gasteiger partial charge in [0.1, 0.15) is 0 Å². The second-order valence-electron chi connectivity index (χ2n) is 7.60. The van der Waals surface area contributed by atoms with E-state index >= 15 is 0 Å². The predicted molar refractivity (Wildman–Crippen MR) is 129 cm³/mol. The molecular formula is C21H40IN5. The number of halogens is 1. The Bertz CT molecular complexity index is 535. The van der Waals surface area contributed by atoms with Gasteiger partial charge in [-0.3, -0.25) is 4.90 Å². The molecule has 2 N–H and O–H groups in total. The van der Waals surface area contributed by atoms with Crippen molar-refractivity contribution in [3.63, 3.8) is 0 Å². The summed E-state index contributed by atoms with van der Waals surface area (Å²) in [7, 11) is 4.19. The summed E-state index contributed by atoms with van der Waals surface area (Å²) in [4.78, 5) is 9.42. The number of guanidine groups is 1. The van der Waals surface area contributed by atoms with Crippen LogP contribution in [0, 0.1) is 0 Å². The minimum Gasteiger partial charge on any atom is -0.357 e. The number of rotatable bonds is 10. The third-order valence-electron chi connectivity index (χ3n) is 4.24. The van der Waals surface area contributed by atoms with E-state index in [0.717, 1.165) is 32.1 Å². The van der Waals surface area contributed by atoms with Gasteiger partial charge in [0.05, 0.1) is 6.54 Å². The molecule has 1 aromatic rings. The lowest BCUT2D eigenvalue weighted by atomic mass is 10.1. The lowest BCUT2D eigenvalue weighted by Gasteiger charge is -2.30. The van der Waals surface area contributed by atoms with Gasteiger partial charge in [0.2, 0.25) is 0 Å². The smallest absolute Gasteiger partial charge is 0.191 e. The molecule has 0 aliphatic rings. The zero-order chi connectivity index (χ0) is 19.5. The van der Waals surface area contributed by atoms with Gasteiger partial charge in [0, 0.05) is 38.3 Å². The fourth-order valence-corrected chi connectivity index (χ4v) is 3.12. The van der Waals surface area contributed by atoms with Gasteiger partial charge in [-0.15, -0.1) is 24.0 Å². The van der Waals surface area contributed by atoms with Gasteiger partial charge in [0.15, 0.2) is 5.96 Å². The molecule has 0 unspecified atom stereocenters. The van der Waals surface area contributed by atoms with Crippen molar-refractivity contribution in [2.75, 3.05) is 33.7 Å². The van der Waals surface area contributed by atoms with Crippen molar-refractivity contribution in [2.24, 2.45) is 4.99 Å². The fraction of sp³-hybridized carbons (Fsp3) is 0.667. The molecule has 6 heteroatoms. The molecule has 0 aliphatic carbocycles. The number of aliphatic imine (C=N–C) groups is 1. The molecule has 0 saturated carbocycles. The first-order chi connectivity index (χ1) is 12.3. The number of hydrogen-bond donors (Lipinski definition) is 2. The van der Waals surface area contributed by atoms with Gasteiger partial charge in [-0.25, -0.2) is 4.99 Å². The van der Waals surface area contributed by atoms with Gasteiger partial charge >= 0.3 is 0 Å². The van der Waals surface area contributed by atoms with E-state index in [9.17, 15) is 0 Å². The first kappa shape index (κ1) is 26.1. The van der Waals surface area contributed by atoms with Crippen molar-refractivity contribution in [1.29, 1.82) is 0 Å². The molecule has 1 aromatic carbocycles. The second-order valence-corrected chi connectivity index (χ2v) is 7.60. The summed E-state index contributed by atoms with van der Waals surface area (Å²) in [5.74, 6) is 0.887. The van der Waals surface area contributed by atoms with Crippen LogP contribution in [0.1, 0.15) is 45.7 Å². The number of hydrogen-bond acceptors (Lipinski definition) is 3. The van der Waals surface area contributed by atoms with Gasteiger partial charge in [-0.05, 0) is 59.8 Å². The van der Waals surface area contributed by atoms with Gasteiger partial charge < -0.3 is 15.5 Å². The summed E-state index contributed by atoms with van der Waals surface area (Å²) >= 11 is 0. The standard InChI is InChI=1S/C21H39N5.HI/c1-8-22-21(23-12-13-26(17(2)3)18(4)5)24-15-19-10-9-11-20(14-19)16-25(6)7;/h9-11,14,17-18H,8,12-13,15-16H2,1-7H3,(H2,22,23,24);1H. The number of nitrogens with zero attached hydrogens (tertiary/aromatic N) is 3. The van der Waals surface area contributed by atoms with Gasteiger partial charge in [-0.2, -0.15) is 0 Å². The van der Waals surface area contributed by atoms with Gasteiger partial charge in [0.25, 0.3) is 0 Å². The molecule has 5 nitrogen and oxygen atoms in total. The highest BCUT2D eigenvalue weighted by molar-refractivity contribution is 14.0. The summed E-state index contributed by atoms with van der Waals surface area (Å²) in [5, 5.41) is 6.81. The van der Waals surface area contributed by atoms with E-state index in [4.69, 9.17) is 4.99 Å². The Morgan fingerprint density at radius 1 is 1.04 bits per heavy atom. The average molecular weight is 489 g/mol. The van der Waals surface area contributed by atoms with Crippen LogP contribution in [0.2, 0.25) is 0 Å². The molecule has 0 radical (unpaired) electrons. The predicted octanol–water partition coefficient (Wildman–Crippen LogP) is 3.54. The van der Waals surface area contributed by atoms with Crippen molar-refractivity contribution < 1.29 is 0 Å². The lowest BCUT2D eigenvalue weighted by Crippen LogP contribution is -2.45. The quantitative estimate of drug-likeness (QED) is 0.300. The molecule has 0 spiro atoms. The van der Waals surface area contributed by atoms with Crippen LogP contribution < -0.4 is 10.6 Å². The molecule has 27 heavy (non-hydrogen) atoms. The molecule has 156 valence electrons. The summed E-state index contributed by atoms with van der Waals surface area (Å²) in [5.41, 5.74) is 2.57. The summed E-state index contributed by atoms with van der Waals surface area (Å²) in [6.45, 7) is 15.5. The van der Waals surface area contributed by atoms with E-state index < -0.39 is 0 Å². The van der Waals surface area contributed by atoms with Gasteiger partial charge in [-0.1, -0.05) is 24.3 Å². The molecule has 0 fully saturated rings. The summed E-state index contributed by atoms with van der Waals surface area (Å²) in [6, 6.07) is 9.78. The third kappa shape index (κ3) is 10.9. The van der Waals surface area contributed by atoms with Crippen molar-refractivity contribution >= 4 is 29.9 Å². The minimum absolute atomic E-state index is 0. The Morgan fingerprint density at radius 3 is 2.22 bits per heavy atom. The van der Waals surface area contributed by atoms with Crippen LogP contribution >= 0.6 is 24.0 Å². The number of benzene rings is 1. The lowest BCUT2D eigenvalue weighted by molar-refractivity contribution is 0.178. The number of nitrogens with one attached hydrogen (secondary N) is 2. The van der Waals surface area contributed by atoms with Crippen molar-refractivity contribution in [3.8, 4) is 0 Å². The highest BCUT2D eigenvalue weighted by Crippen LogP contribution is 2.08. The Morgan fingerprint density at radius 2 is 1.67 bits per heavy atom. The maximum Gasteiger partial charge on any atom is 0.191 e. The highest BCUT2D eigenvalue weighted by Gasteiger charge is 2.12. The van der Waals surface area contributed by atoms with Crippen LogP contribution in [0.3, 0.4) is 0 Å². The second kappa shape index (κ2) is 14.2. The largest absolute Gasteiger partial charge is 0.357 e. The minimum atomic E-state index is 0. The van der Waals surface area contributed by atoms with E-state index in [1.807, 2.05) is 0 Å². The van der Waals surface area contributed by atoms with E-state index in [-0.39, 0.29) is 24.0 Å². The Labute approximate surface area is 184 Å². The highest BCUT2D eigenvalue weighted by atomic mass is 127. The van der Waals surface area contributed by atoms with Crippen molar-refractivity contribution in [3.05, 3.63) is 35.4 Å². The molecule has 0 bridgehead atoms. The summed E-state index contributed by atoms with van der Waals surface area (Å²) < 4.78 is 0. The molecule has 0 aromatic heterocycles. The third-order valence-corrected chi connectivity index (χ3v) is 4.24. The first-order valence-electron chi connectivity index (χ1n) is 9.84. The van der Waals surface area contributed by atoms with Crippen LogP contribution in [-0.2, 0) is 13.1 Å². The van der Waals surface area contributed by atoms with Crippen LogP contribution in [-0.4, -0.2) is 61.6 Å². The van der Waals surface area contributed by atoms with Crippen LogP contribution in [0.15, 0.2) is 29.3 Å². The SMILES string of the molecule is CCNC(=NCc1cccc(CN(C)C)c1)NCCN(C(C)C)C(C)C.I. The zero-order valence-electron chi connectivity index (χ0n) is 18.2. The average Bonchev–Trinajstić information content (AvgIpc) is 2.55. The Kier molecular flexibility index (Phi) is 13.7. The van der Waals surface area contributed by atoms with Crippen LogP contribution in [0.4, 0.5) is 0 Å². The molecule has 0 atom stereocenters. The maximum atomic E-state index is 4.75. The monoisotopic (exact) mass is 489 g/mol. The first-order valence-corrected chi connectivity index (χ1v) is 9.84. The molecule has 0 saturated heterocycles. The van der Waals surface area contributed by atoms with E-state index in [1.54, 1.807) is 0 Å². The van der Waals surface area contributed by atoms with E-state index in [1.165, 1.54) is 11.1 Å². The molecule has 0 heterocycles. The Hall–Kier alpha value is -0.860. The molecule has 0 aliphatic heterocycles. The van der Waals surface area contributed by atoms with E-state index in [0.29, 0.717) is 18.6 Å². The van der Waals surface area contributed by atoms with E-state index in [2.05, 4.69) is 93.4 Å². The maximum absolute atomic E-state index is 4.75. The van der Waals surface area contributed by atoms with Crippen molar-refractivity contribution in [2.45, 2.75) is 59.8 Å². The van der Waals surface area contributed by atoms with Crippen LogP contribution in [0.5, 0.6) is 0 Å². The summed E-state index contributed by atoms with van der Waals surface area (Å²) in [6.07, 6.45) is 0. The van der Waals surface area contributed by atoms with Crippen molar-refractivity contribution in [1.82, 2.24) is 20.4 Å². The normalized spacial score (nSPS) is 12.0. The zero-order valence-corrected chi connectivity index (χ0v) is 20.6. The molecular weight excluding hydrogens is 449 g/mol. The fourth-order valence-electron chi connectivity index (χ4n) is 3.12. The topological polar surface area (TPSA) is 42.9 Å². The molecule has 1 rings (SSSR count).